The Hall–Kier alpha value is -2.86. The van der Waals surface area contributed by atoms with Gasteiger partial charge in [0.1, 0.15) is 6.04 Å². The van der Waals surface area contributed by atoms with E-state index in [1.807, 2.05) is 0 Å². The van der Waals surface area contributed by atoms with Crippen LogP contribution in [0, 0.1) is 0 Å². The van der Waals surface area contributed by atoms with E-state index in [2.05, 4.69) is 10.1 Å². The van der Waals surface area contributed by atoms with Crippen LogP contribution in [0.5, 0.6) is 0 Å². The molecule has 0 saturated carbocycles. The van der Waals surface area contributed by atoms with E-state index in [9.17, 15) is 19.5 Å². The summed E-state index contributed by atoms with van der Waals surface area (Å²) in [7, 11) is 1.24. The molecule has 0 aromatic heterocycles. The Kier molecular flexibility index (Phi) is 6.14. The number of rotatable bonds is 6. The first kappa shape index (κ1) is 18.5. The molecule has 2 aromatic carbocycles. The minimum atomic E-state index is -1.17. The van der Waals surface area contributed by atoms with Gasteiger partial charge in [-0.05, 0) is 35.9 Å². The van der Waals surface area contributed by atoms with Crippen molar-refractivity contribution in [2.75, 3.05) is 7.11 Å². The number of hydrogen-bond donors (Lipinski definition) is 2. The van der Waals surface area contributed by atoms with Crippen LogP contribution in [-0.2, 0) is 16.0 Å². The summed E-state index contributed by atoms with van der Waals surface area (Å²) in [4.78, 5) is 35.3. The molecule has 2 rings (SSSR count). The van der Waals surface area contributed by atoms with Crippen LogP contribution in [0.2, 0.25) is 5.02 Å². The van der Waals surface area contributed by atoms with Crippen LogP contribution in [0.3, 0.4) is 0 Å². The van der Waals surface area contributed by atoms with Crippen molar-refractivity contribution >= 4 is 29.4 Å². The fourth-order valence-electron chi connectivity index (χ4n) is 2.25. The largest absolute Gasteiger partial charge is 0.480 e. The number of halogens is 1. The molecular formula is C18H16ClNO5. The molecule has 1 amide bonds. The number of hydrogen-bond acceptors (Lipinski definition) is 4. The van der Waals surface area contributed by atoms with Gasteiger partial charge < -0.3 is 15.2 Å². The zero-order valence-corrected chi connectivity index (χ0v) is 14.1. The molecule has 0 aliphatic carbocycles. The molecule has 130 valence electrons. The Balaban J connectivity index is 2.15. The van der Waals surface area contributed by atoms with Crippen molar-refractivity contribution in [2.45, 2.75) is 12.5 Å². The maximum absolute atomic E-state index is 12.3. The zero-order valence-electron chi connectivity index (χ0n) is 13.4. The number of methoxy groups -OCH3 is 1. The average Bonchev–Trinajstić information content (AvgIpc) is 2.60. The number of amides is 1. The standard InChI is InChI=1S/C18H16ClNO5/c1-25-18(24)13-6-3-5-12(10-13)16(21)20-15(17(22)23)9-11-4-2-7-14(19)8-11/h2-8,10,15H,9H2,1H3,(H,20,21)(H,22,23)/t15-/m1/s1. The molecular weight excluding hydrogens is 346 g/mol. The molecule has 2 N–H and O–H groups in total. The molecule has 2 aromatic rings. The molecule has 0 bridgehead atoms. The monoisotopic (exact) mass is 361 g/mol. The van der Waals surface area contributed by atoms with E-state index in [0.717, 1.165) is 0 Å². The minimum absolute atomic E-state index is 0.0817. The molecule has 0 aliphatic heterocycles. The van der Waals surface area contributed by atoms with Gasteiger partial charge in [-0.25, -0.2) is 9.59 Å². The molecule has 0 fully saturated rings. The number of carboxylic acid groups (broad SMARTS) is 1. The van der Waals surface area contributed by atoms with Gasteiger partial charge in [-0.15, -0.1) is 0 Å². The lowest BCUT2D eigenvalue weighted by atomic mass is 10.0. The molecule has 6 nitrogen and oxygen atoms in total. The van der Waals surface area contributed by atoms with Gasteiger partial charge in [-0.1, -0.05) is 29.8 Å². The molecule has 0 unspecified atom stereocenters. The molecule has 0 heterocycles. The van der Waals surface area contributed by atoms with Crippen molar-refractivity contribution in [3.05, 3.63) is 70.2 Å². The van der Waals surface area contributed by atoms with Crippen molar-refractivity contribution in [3.8, 4) is 0 Å². The van der Waals surface area contributed by atoms with Crippen LogP contribution in [0.15, 0.2) is 48.5 Å². The van der Waals surface area contributed by atoms with Crippen LogP contribution in [0.25, 0.3) is 0 Å². The topological polar surface area (TPSA) is 92.7 Å². The summed E-state index contributed by atoms with van der Waals surface area (Å²) in [6, 6.07) is 11.5. The van der Waals surface area contributed by atoms with Gasteiger partial charge in [-0.3, -0.25) is 4.79 Å². The summed E-state index contributed by atoms with van der Waals surface area (Å²) < 4.78 is 4.60. The van der Waals surface area contributed by atoms with Gasteiger partial charge in [-0.2, -0.15) is 0 Å². The van der Waals surface area contributed by atoms with E-state index in [1.54, 1.807) is 24.3 Å². The highest BCUT2D eigenvalue weighted by Gasteiger charge is 2.22. The highest BCUT2D eigenvalue weighted by Crippen LogP contribution is 2.13. The second kappa shape index (κ2) is 8.30. The number of carbonyl (C=O) groups excluding carboxylic acids is 2. The van der Waals surface area contributed by atoms with Crippen molar-refractivity contribution in [1.29, 1.82) is 0 Å². The fourth-order valence-corrected chi connectivity index (χ4v) is 2.46. The van der Waals surface area contributed by atoms with Gasteiger partial charge in [0.25, 0.3) is 5.91 Å². The second-order valence-corrected chi connectivity index (χ2v) is 5.71. The lowest BCUT2D eigenvalue weighted by Crippen LogP contribution is -2.42. The normalized spacial score (nSPS) is 11.4. The number of esters is 1. The van der Waals surface area contributed by atoms with Gasteiger partial charge in [0.05, 0.1) is 12.7 Å². The summed E-state index contributed by atoms with van der Waals surface area (Å²) in [6.45, 7) is 0. The Morgan fingerprint density at radius 3 is 2.44 bits per heavy atom. The Labute approximate surface area is 149 Å². The first-order valence-corrected chi connectivity index (χ1v) is 7.75. The summed E-state index contributed by atoms with van der Waals surface area (Å²) in [6.07, 6.45) is 0.0817. The summed E-state index contributed by atoms with van der Waals surface area (Å²) in [5.41, 5.74) is 1.06. The Morgan fingerprint density at radius 2 is 1.80 bits per heavy atom. The van der Waals surface area contributed by atoms with Gasteiger partial charge in [0, 0.05) is 17.0 Å². The van der Waals surface area contributed by atoms with Crippen LogP contribution < -0.4 is 5.32 Å². The highest BCUT2D eigenvalue weighted by molar-refractivity contribution is 6.30. The first-order chi connectivity index (χ1) is 11.9. The van der Waals surface area contributed by atoms with Crippen molar-refractivity contribution in [1.82, 2.24) is 5.32 Å². The third-order valence-corrected chi connectivity index (χ3v) is 3.71. The van der Waals surface area contributed by atoms with E-state index < -0.39 is 23.9 Å². The third-order valence-electron chi connectivity index (χ3n) is 3.48. The van der Waals surface area contributed by atoms with Crippen LogP contribution in [-0.4, -0.2) is 36.1 Å². The summed E-state index contributed by atoms with van der Waals surface area (Å²) in [5, 5.41) is 12.3. The number of benzene rings is 2. The lowest BCUT2D eigenvalue weighted by Gasteiger charge is -2.15. The van der Waals surface area contributed by atoms with Gasteiger partial charge in [0.15, 0.2) is 0 Å². The zero-order chi connectivity index (χ0) is 18.4. The molecule has 1 atom stereocenters. The van der Waals surface area contributed by atoms with E-state index in [4.69, 9.17) is 11.6 Å². The number of carbonyl (C=O) groups is 3. The first-order valence-electron chi connectivity index (χ1n) is 7.37. The summed E-state index contributed by atoms with van der Waals surface area (Å²) in [5.74, 6) is -2.35. The maximum atomic E-state index is 12.3. The predicted octanol–water partition coefficient (Wildman–Crippen LogP) is 2.55. The maximum Gasteiger partial charge on any atom is 0.337 e. The lowest BCUT2D eigenvalue weighted by molar-refractivity contribution is -0.139. The number of carboxylic acids is 1. The van der Waals surface area contributed by atoms with Crippen LogP contribution in [0.4, 0.5) is 0 Å². The van der Waals surface area contributed by atoms with Crippen molar-refractivity contribution in [2.24, 2.45) is 0 Å². The van der Waals surface area contributed by atoms with Crippen molar-refractivity contribution in [3.63, 3.8) is 0 Å². The minimum Gasteiger partial charge on any atom is -0.480 e. The van der Waals surface area contributed by atoms with E-state index in [1.165, 1.54) is 31.4 Å². The predicted molar refractivity (Wildman–Crippen MR) is 91.8 cm³/mol. The Bertz CT molecular complexity index is 806. The fraction of sp³-hybridized carbons (Fsp3) is 0.167. The van der Waals surface area contributed by atoms with E-state index >= 15 is 0 Å². The summed E-state index contributed by atoms with van der Waals surface area (Å²) >= 11 is 5.89. The van der Waals surface area contributed by atoms with Crippen LogP contribution in [0.1, 0.15) is 26.3 Å². The smallest absolute Gasteiger partial charge is 0.337 e. The van der Waals surface area contributed by atoms with Crippen LogP contribution >= 0.6 is 11.6 Å². The number of nitrogens with one attached hydrogen (secondary N) is 1. The second-order valence-electron chi connectivity index (χ2n) is 5.27. The highest BCUT2D eigenvalue weighted by atomic mass is 35.5. The molecule has 0 aliphatic rings. The van der Waals surface area contributed by atoms with Gasteiger partial charge in [0.2, 0.25) is 0 Å². The molecule has 7 heteroatoms. The molecule has 0 radical (unpaired) electrons. The number of aliphatic carboxylic acids is 1. The SMILES string of the molecule is COC(=O)c1cccc(C(=O)N[C@H](Cc2cccc(Cl)c2)C(=O)O)c1. The number of ether oxygens (including phenoxy) is 1. The molecule has 25 heavy (non-hydrogen) atoms. The molecule has 0 spiro atoms. The van der Waals surface area contributed by atoms with E-state index in [-0.39, 0.29) is 17.5 Å². The average molecular weight is 362 g/mol. The van der Waals surface area contributed by atoms with Gasteiger partial charge >= 0.3 is 11.9 Å². The van der Waals surface area contributed by atoms with E-state index in [0.29, 0.717) is 10.6 Å². The quantitative estimate of drug-likeness (QED) is 0.771. The Morgan fingerprint density at radius 1 is 1.12 bits per heavy atom. The van der Waals surface area contributed by atoms with Crippen molar-refractivity contribution < 1.29 is 24.2 Å². The third kappa shape index (κ3) is 5.06. The molecule has 0 saturated heterocycles.